The zero-order valence-electron chi connectivity index (χ0n) is 12.2. The average molecular weight is 272 g/mol. The van der Waals surface area contributed by atoms with Crippen LogP contribution in [-0.2, 0) is 9.53 Å². The van der Waals surface area contributed by atoms with Crippen LogP contribution >= 0.6 is 0 Å². The molecule has 0 aliphatic carbocycles. The number of nitrogens with zero attached hydrogens (tertiary/aromatic N) is 2. The molecule has 1 rings (SSSR count). The average Bonchev–Trinajstić information content (AvgIpc) is 2.38. The minimum absolute atomic E-state index is 0.0277. The third-order valence-electron chi connectivity index (χ3n) is 3.69. The molecule has 1 saturated heterocycles. The number of aliphatic carboxylic acids is 1. The maximum Gasteiger partial charge on any atom is 0.329 e. The first-order valence-electron chi connectivity index (χ1n) is 6.75. The van der Waals surface area contributed by atoms with Crippen molar-refractivity contribution in [1.82, 2.24) is 9.80 Å². The Bertz CT molecular complexity index is 344. The van der Waals surface area contributed by atoms with Gasteiger partial charge in [0.25, 0.3) is 0 Å². The molecule has 0 aromatic rings. The topological polar surface area (TPSA) is 70.1 Å². The number of carboxylic acid groups (broad SMARTS) is 1. The van der Waals surface area contributed by atoms with Gasteiger partial charge in [-0.15, -0.1) is 0 Å². The second-order valence-corrected chi connectivity index (χ2v) is 5.22. The van der Waals surface area contributed by atoms with Gasteiger partial charge in [0, 0.05) is 13.1 Å². The van der Waals surface area contributed by atoms with Gasteiger partial charge >= 0.3 is 12.0 Å². The fourth-order valence-corrected chi connectivity index (χ4v) is 2.29. The van der Waals surface area contributed by atoms with E-state index in [1.165, 1.54) is 4.90 Å². The molecule has 1 aliphatic heterocycles. The van der Waals surface area contributed by atoms with Gasteiger partial charge in [0.05, 0.1) is 19.3 Å². The molecule has 19 heavy (non-hydrogen) atoms. The van der Waals surface area contributed by atoms with Crippen molar-refractivity contribution in [2.45, 2.75) is 45.7 Å². The summed E-state index contributed by atoms with van der Waals surface area (Å²) in [6.45, 7) is 8.81. The molecule has 0 aromatic carbocycles. The molecule has 110 valence electrons. The molecule has 1 unspecified atom stereocenters. The van der Waals surface area contributed by atoms with Crippen molar-refractivity contribution in [3.63, 3.8) is 0 Å². The van der Waals surface area contributed by atoms with Gasteiger partial charge in [0.2, 0.25) is 0 Å². The number of morpholine rings is 1. The number of likely N-dealkylation sites (N-methyl/N-ethyl adjacent to an activating group) is 1. The van der Waals surface area contributed by atoms with E-state index >= 15 is 0 Å². The Morgan fingerprint density at radius 3 is 2.53 bits per heavy atom. The molecule has 1 atom stereocenters. The van der Waals surface area contributed by atoms with Crippen molar-refractivity contribution in [1.29, 1.82) is 0 Å². The Morgan fingerprint density at radius 2 is 2.05 bits per heavy atom. The Hall–Kier alpha value is -1.30. The highest BCUT2D eigenvalue weighted by Crippen LogP contribution is 2.20. The van der Waals surface area contributed by atoms with Gasteiger partial charge in [-0.25, -0.2) is 9.59 Å². The smallest absolute Gasteiger partial charge is 0.329 e. The first-order valence-corrected chi connectivity index (χ1v) is 6.75. The number of rotatable bonds is 4. The van der Waals surface area contributed by atoms with Crippen molar-refractivity contribution < 1.29 is 19.4 Å². The molecule has 0 bridgehead atoms. The minimum atomic E-state index is -1.21. The lowest BCUT2D eigenvalue weighted by Gasteiger charge is -2.42. The molecule has 0 saturated carbocycles. The summed E-state index contributed by atoms with van der Waals surface area (Å²) in [7, 11) is 0. The van der Waals surface area contributed by atoms with Gasteiger partial charge in [-0.2, -0.15) is 0 Å². The molecule has 0 spiro atoms. The molecule has 2 amide bonds. The van der Waals surface area contributed by atoms with E-state index in [0.29, 0.717) is 26.3 Å². The number of carbonyl (C=O) groups excluding carboxylic acids is 1. The van der Waals surface area contributed by atoms with Crippen LogP contribution in [0.25, 0.3) is 0 Å². The van der Waals surface area contributed by atoms with Crippen LogP contribution in [0.4, 0.5) is 4.79 Å². The highest BCUT2D eigenvalue weighted by Gasteiger charge is 2.40. The maximum atomic E-state index is 12.6. The van der Waals surface area contributed by atoms with Crippen LogP contribution in [0.1, 0.15) is 34.1 Å². The van der Waals surface area contributed by atoms with E-state index in [9.17, 15) is 14.7 Å². The summed E-state index contributed by atoms with van der Waals surface area (Å²) in [6, 6.07) is -0.190. The molecule has 1 fully saturated rings. The molecule has 6 heteroatoms. The first kappa shape index (κ1) is 15.8. The van der Waals surface area contributed by atoms with Crippen LogP contribution in [-0.4, -0.2) is 64.8 Å². The van der Waals surface area contributed by atoms with Gasteiger partial charge in [-0.3, -0.25) is 0 Å². The predicted molar refractivity (Wildman–Crippen MR) is 71.1 cm³/mol. The summed E-state index contributed by atoms with van der Waals surface area (Å²) in [5.41, 5.74) is -1.21. The van der Waals surface area contributed by atoms with Gasteiger partial charge in [-0.05, 0) is 27.2 Å². The Morgan fingerprint density at radius 1 is 1.42 bits per heavy atom. The van der Waals surface area contributed by atoms with E-state index < -0.39 is 11.5 Å². The van der Waals surface area contributed by atoms with Gasteiger partial charge in [0.1, 0.15) is 5.54 Å². The molecular formula is C13H24N2O4. The Balaban J connectivity index is 2.91. The van der Waals surface area contributed by atoms with Crippen LogP contribution in [0.15, 0.2) is 0 Å². The van der Waals surface area contributed by atoms with Crippen LogP contribution in [0.2, 0.25) is 0 Å². The molecule has 1 N–H and O–H groups in total. The highest BCUT2D eigenvalue weighted by atomic mass is 16.5. The Kier molecular flexibility index (Phi) is 5.17. The zero-order valence-corrected chi connectivity index (χ0v) is 12.2. The largest absolute Gasteiger partial charge is 0.480 e. The van der Waals surface area contributed by atoms with Crippen LogP contribution < -0.4 is 0 Å². The second kappa shape index (κ2) is 6.23. The van der Waals surface area contributed by atoms with Crippen molar-refractivity contribution in [3.05, 3.63) is 0 Å². The number of hydrogen-bond donors (Lipinski definition) is 1. The minimum Gasteiger partial charge on any atom is -0.480 e. The number of ether oxygens (including phenoxy) is 1. The molecule has 0 radical (unpaired) electrons. The SMILES string of the molecule is CCC1COCCN1C(=O)N(CC)C(C)(C)C(=O)O. The highest BCUT2D eigenvalue weighted by molar-refractivity contribution is 5.85. The van der Waals surface area contributed by atoms with Crippen LogP contribution in [0.5, 0.6) is 0 Å². The summed E-state index contributed by atoms with van der Waals surface area (Å²) in [4.78, 5) is 27.0. The van der Waals surface area contributed by atoms with Crippen LogP contribution in [0.3, 0.4) is 0 Å². The summed E-state index contributed by atoms with van der Waals surface area (Å²) < 4.78 is 5.37. The van der Waals surface area contributed by atoms with Crippen molar-refractivity contribution in [2.75, 3.05) is 26.3 Å². The van der Waals surface area contributed by atoms with Crippen molar-refractivity contribution in [3.8, 4) is 0 Å². The molecule has 6 nitrogen and oxygen atoms in total. The van der Waals surface area contributed by atoms with E-state index in [4.69, 9.17) is 4.74 Å². The lowest BCUT2D eigenvalue weighted by Crippen LogP contribution is -2.60. The number of urea groups is 1. The first-order chi connectivity index (χ1) is 8.86. The monoisotopic (exact) mass is 272 g/mol. The van der Waals surface area contributed by atoms with Crippen LogP contribution in [0, 0.1) is 0 Å². The summed E-state index contributed by atoms with van der Waals surface area (Å²) in [5, 5.41) is 9.28. The van der Waals surface area contributed by atoms with Gasteiger partial charge in [0.15, 0.2) is 0 Å². The lowest BCUT2D eigenvalue weighted by atomic mass is 10.0. The maximum absolute atomic E-state index is 12.6. The predicted octanol–water partition coefficient (Wildman–Crippen LogP) is 1.40. The summed E-state index contributed by atoms with van der Waals surface area (Å²) in [5.74, 6) is -0.996. The van der Waals surface area contributed by atoms with Crippen molar-refractivity contribution in [2.24, 2.45) is 0 Å². The lowest BCUT2D eigenvalue weighted by molar-refractivity contribution is -0.148. The Labute approximate surface area is 114 Å². The van der Waals surface area contributed by atoms with E-state index in [1.807, 2.05) is 6.92 Å². The van der Waals surface area contributed by atoms with E-state index in [0.717, 1.165) is 6.42 Å². The number of carbonyl (C=O) groups is 2. The number of hydrogen-bond acceptors (Lipinski definition) is 3. The zero-order chi connectivity index (χ0) is 14.6. The van der Waals surface area contributed by atoms with E-state index in [2.05, 4.69) is 0 Å². The normalized spacial score (nSPS) is 20.2. The van der Waals surface area contributed by atoms with E-state index in [-0.39, 0.29) is 12.1 Å². The van der Waals surface area contributed by atoms with Crippen molar-refractivity contribution >= 4 is 12.0 Å². The summed E-state index contributed by atoms with van der Waals surface area (Å²) >= 11 is 0. The van der Waals surface area contributed by atoms with Gasteiger partial charge in [-0.1, -0.05) is 6.92 Å². The molecule has 0 aromatic heterocycles. The van der Waals surface area contributed by atoms with E-state index in [1.54, 1.807) is 25.7 Å². The summed E-state index contributed by atoms with van der Waals surface area (Å²) in [6.07, 6.45) is 0.802. The number of carboxylic acids is 1. The fourth-order valence-electron chi connectivity index (χ4n) is 2.29. The fraction of sp³-hybridized carbons (Fsp3) is 0.846. The third-order valence-corrected chi connectivity index (χ3v) is 3.69. The standard InChI is InChI=1S/C13H24N2O4/c1-5-10-9-19-8-7-14(10)12(18)15(6-2)13(3,4)11(16)17/h10H,5-9H2,1-4H3,(H,16,17). The molecule has 1 heterocycles. The number of amides is 2. The quantitative estimate of drug-likeness (QED) is 0.840. The second-order valence-electron chi connectivity index (χ2n) is 5.22. The third kappa shape index (κ3) is 3.18. The van der Waals surface area contributed by atoms with Gasteiger partial charge < -0.3 is 19.6 Å². The molecular weight excluding hydrogens is 248 g/mol. The molecule has 1 aliphatic rings.